The minimum atomic E-state index is -0.310. The summed E-state index contributed by atoms with van der Waals surface area (Å²) in [6.45, 7) is 5.77. The van der Waals surface area contributed by atoms with Crippen LogP contribution >= 0.6 is 0 Å². The molecule has 106 valence electrons. The van der Waals surface area contributed by atoms with Crippen molar-refractivity contribution in [2.45, 2.75) is 33.2 Å². The second-order valence-electron chi connectivity index (χ2n) is 4.78. The van der Waals surface area contributed by atoms with Crippen LogP contribution < -0.4 is 10.6 Å². The van der Waals surface area contributed by atoms with Gasteiger partial charge in [0.1, 0.15) is 11.8 Å². The van der Waals surface area contributed by atoms with Crippen LogP contribution in [-0.2, 0) is 4.79 Å². The van der Waals surface area contributed by atoms with Crippen LogP contribution in [-0.4, -0.2) is 17.1 Å². The Bertz CT molecular complexity index is 575. The molecule has 0 saturated carbocycles. The number of nitrogens with one attached hydrogen (secondary N) is 2. The standard InChI is InChI=1S/C15H19N3O2/c1-4-13(16-12-7-5-10(2)6-8-12)15(19)17-14-9-11(3)20-18-14/h5-9,13,16H,4H2,1-3H3,(H,17,18,19). The first-order chi connectivity index (χ1) is 9.58. The molecule has 0 fully saturated rings. The minimum absolute atomic E-state index is 0.124. The predicted molar refractivity (Wildman–Crippen MR) is 78.8 cm³/mol. The number of carbonyl (C=O) groups is 1. The summed E-state index contributed by atoms with van der Waals surface area (Å²) in [5.74, 6) is 0.984. The molecule has 0 aliphatic carbocycles. The number of aromatic nitrogens is 1. The lowest BCUT2D eigenvalue weighted by Gasteiger charge is -2.17. The summed E-state index contributed by atoms with van der Waals surface area (Å²) in [6.07, 6.45) is 0.677. The van der Waals surface area contributed by atoms with E-state index in [-0.39, 0.29) is 11.9 Å². The first-order valence-corrected chi connectivity index (χ1v) is 6.66. The van der Waals surface area contributed by atoms with Gasteiger partial charge in [0, 0.05) is 11.8 Å². The van der Waals surface area contributed by atoms with Crippen LogP contribution in [0.15, 0.2) is 34.9 Å². The molecular weight excluding hydrogens is 254 g/mol. The SMILES string of the molecule is CCC(Nc1ccc(C)cc1)C(=O)Nc1cc(C)on1. The van der Waals surface area contributed by atoms with Crippen molar-refractivity contribution < 1.29 is 9.32 Å². The fourth-order valence-corrected chi connectivity index (χ4v) is 1.84. The van der Waals surface area contributed by atoms with Gasteiger partial charge in [-0.2, -0.15) is 0 Å². The fourth-order valence-electron chi connectivity index (χ4n) is 1.84. The summed E-state index contributed by atoms with van der Waals surface area (Å²) in [7, 11) is 0. The number of nitrogens with zero attached hydrogens (tertiary/aromatic N) is 1. The topological polar surface area (TPSA) is 67.2 Å². The molecule has 1 amide bonds. The Balaban J connectivity index is 2.00. The summed E-state index contributed by atoms with van der Waals surface area (Å²) >= 11 is 0. The number of carbonyl (C=O) groups excluding carboxylic acids is 1. The van der Waals surface area contributed by atoms with E-state index in [9.17, 15) is 4.79 Å². The summed E-state index contributed by atoms with van der Waals surface area (Å²) in [5.41, 5.74) is 2.11. The third-order valence-corrected chi connectivity index (χ3v) is 3.00. The third kappa shape index (κ3) is 3.60. The smallest absolute Gasteiger partial charge is 0.248 e. The van der Waals surface area contributed by atoms with Crippen molar-refractivity contribution in [3.05, 3.63) is 41.7 Å². The zero-order valence-corrected chi connectivity index (χ0v) is 11.9. The molecule has 1 unspecified atom stereocenters. The van der Waals surface area contributed by atoms with E-state index in [1.165, 1.54) is 5.56 Å². The minimum Gasteiger partial charge on any atom is -0.374 e. The average molecular weight is 273 g/mol. The summed E-state index contributed by atoms with van der Waals surface area (Å²) < 4.78 is 4.93. The Morgan fingerprint density at radius 1 is 1.30 bits per heavy atom. The van der Waals surface area contributed by atoms with E-state index in [2.05, 4.69) is 15.8 Å². The van der Waals surface area contributed by atoms with Gasteiger partial charge < -0.3 is 15.2 Å². The van der Waals surface area contributed by atoms with Crippen molar-refractivity contribution >= 4 is 17.4 Å². The first kappa shape index (κ1) is 14.1. The van der Waals surface area contributed by atoms with E-state index in [1.807, 2.05) is 38.1 Å². The second-order valence-corrected chi connectivity index (χ2v) is 4.78. The second kappa shape index (κ2) is 6.23. The monoisotopic (exact) mass is 273 g/mol. The van der Waals surface area contributed by atoms with Gasteiger partial charge >= 0.3 is 0 Å². The Kier molecular flexibility index (Phi) is 4.40. The molecule has 1 aromatic carbocycles. The van der Waals surface area contributed by atoms with Gasteiger partial charge in [0.15, 0.2) is 5.82 Å². The lowest BCUT2D eigenvalue weighted by atomic mass is 10.1. The Hall–Kier alpha value is -2.30. The molecule has 1 aromatic heterocycles. The fraction of sp³-hybridized carbons (Fsp3) is 0.333. The number of rotatable bonds is 5. The molecule has 0 spiro atoms. The maximum Gasteiger partial charge on any atom is 0.248 e. The van der Waals surface area contributed by atoms with Crippen molar-refractivity contribution in [1.29, 1.82) is 0 Å². The highest BCUT2D eigenvalue weighted by Gasteiger charge is 2.17. The number of hydrogen-bond donors (Lipinski definition) is 2. The Morgan fingerprint density at radius 2 is 2.00 bits per heavy atom. The van der Waals surface area contributed by atoms with Crippen LogP contribution in [0.1, 0.15) is 24.7 Å². The number of benzene rings is 1. The molecule has 5 nitrogen and oxygen atoms in total. The van der Waals surface area contributed by atoms with Gasteiger partial charge in [-0.1, -0.05) is 29.8 Å². The van der Waals surface area contributed by atoms with E-state index >= 15 is 0 Å². The average Bonchev–Trinajstić information content (AvgIpc) is 2.83. The zero-order chi connectivity index (χ0) is 14.5. The highest BCUT2D eigenvalue weighted by molar-refractivity contribution is 5.95. The number of anilines is 2. The van der Waals surface area contributed by atoms with E-state index in [4.69, 9.17) is 4.52 Å². The van der Waals surface area contributed by atoms with E-state index < -0.39 is 0 Å². The Labute approximate surface area is 118 Å². The van der Waals surface area contributed by atoms with Crippen LogP contribution in [0.4, 0.5) is 11.5 Å². The van der Waals surface area contributed by atoms with E-state index in [1.54, 1.807) is 13.0 Å². The van der Waals surface area contributed by atoms with Gasteiger partial charge in [-0.3, -0.25) is 4.79 Å². The van der Waals surface area contributed by atoms with Crippen molar-refractivity contribution in [2.24, 2.45) is 0 Å². The lowest BCUT2D eigenvalue weighted by molar-refractivity contribution is -0.117. The molecule has 20 heavy (non-hydrogen) atoms. The highest BCUT2D eigenvalue weighted by Crippen LogP contribution is 2.13. The van der Waals surface area contributed by atoms with Crippen molar-refractivity contribution in [1.82, 2.24) is 5.16 Å². The summed E-state index contributed by atoms with van der Waals surface area (Å²) in [4.78, 5) is 12.2. The van der Waals surface area contributed by atoms with Gasteiger partial charge in [-0.25, -0.2) is 0 Å². The maximum atomic E-state index is 12.2. The largest absolute Gasteiger partial charge is 0.374 e. The predicted octanol–water partition coefficient (Wildman–Crippen LogP) is 3.12. The normalized spacial score (nSPS) is 11.9. The van der Waals surface area contributed by atoms with Gasteiger partial charge in [-0.05, 0) is 32.4 Å². The van der Waals surface area contributed by atoms with Gasteiger partial charge in [-0.15, -0.1) is 0 Å². The number of amides is 1. The molecule has 1 atom stereocenters. The number of hydrogen-bond acceptors (Lipinski definition) is 4. The van der Waals surface area contributed by atoms with Crippen LogP contribution in [0, 0.1) is 13.8 Å². The van der Waals surface area contributed by atoms with Gasteiger partial charge in [0.05, 0.1) is 0 Å². The highest BCUT2D eigenvalue weighted by atomic mass is 16.5. The van der Waals surface area contributed by atoms with Crippen LogP contribution in [0.3, 0.4) is 0 Å². The van der Waals surface area contributed by atoms with Crippen LogP contribution in [0.2, 0.25) is 0 Å². The van der Waals surface area contributed by atoms with Crippen molar-refractivity contribution in [3.63, 3.8) is 0 Å². The van der Waals surface area contributed by atoms with Gasteiger partial charge in [0.25, 0.3) is 0 Å². The molecule has 0 aliphatic heterocycles. The lowest BCUT2D eigenvalue weighted by Crippen LogP contribution is -2.34. The molecular formula is C15H19N3O2. The molecule has 0 saturated heterocycles. The van der Waals surface area contributed by atoms with Crippen molar-refractivity contribution in [3.8, 4) is 0 Å². The molecule has 0 radical (unpaired) electrons. The quantitative estimate of drug-likeness (QED) is 0.878. The van der Waals surface area contributed by atoms with Gasteiger partial charge in [0.2, 0.25) is 5.91 Å². The maximum absolute atomic E-state index is 12.2. The van der Waals surface area contributed by atoms with E-state index in [0.717, 1.165) is 5.69 Å². The zero-order valence-electron chi connectivity index (χ0n) is 11.9. The number of aryl methyl sites for hydroxylation is 2. The van der Waals surface area contributed by atoms with E-state index in [0.29, 0.717) is 18.0 Å². The first-order valence-electron chi connectivity index (χ1n) is 6.66. The third-order valence-electron chi connectivity index (χ3n) is 3.00. The Morgan fingerprint density at radius 3 is 2.55 bits per heavy atom. The summed E-state index contributed by atoms with van der Waals surface area (Å²) in [6, 6.07) is 9.32. The molecule has 0 aliphatic rings. The molecule has 2 aromatic rings. The molecule has 2 N–H and O–H groups in total. The van der Waals surface area contributed by atoms with Crippen LogP contribution in [0.5, 0.6) is 0 Å². The summed E-state index contributed by atoms with van der Waals surface area (Å²) in [5, 5.41) is 9.71. The van der Waals surface area contributed by atoms with Crippen LogP contribution in [0.25, 0.3) is 0 Å². The van der Waals surface area contributed by atoms with Crippen molar-refractivity contribution in [2.75, 3.05) is 10.6 Å². The molecule has 1 heterocycles. The molecule has 2 rings (SSSR count). The molecule has 5 heteroatoms. The molecule has 0 bridgehead atoms.